The molecule has 0 aliphatic rings. The molecule has 0 bridgehead atoms. The molecule has 0 aromatic rings. The molecule has 0 saturated heterocycles. The number of carbonyl (C=O) groups is 1. The Hall–Kier alpha value is -0.660. The number of methoxy groups -OCH3 is 2. The number of esters is 1. The summed E-state index contributed by atoms with van der Waals surface area (Å²) in [7, 11) is -0.511. The van der Waals surface area contributed by atoms with Crippen LogP contribution in [0.2, 0.25) is 0 Å². The molecule has 6 nitrogen and oxygen atoms in total. The van der Waals surface area contributed by atoms with E-state index in [9.17, 15) is 13.2 Å². The van der Waals surface area contributed by atoms with Crippen molar-refractivity contribution >= 4 is 15.8 Å². The van der Waals surface area contributed by atoms with Crippen LogP contribution < -0.4 is 5.32 Å². The first-order chi connectivity index (χ1) is 8.45. The summed E-state index contributed by atoms with van der Waals surface area (Å²) in [5, 5.41) is 3.11. The number of rotatable bonds is 10. The second kappa shape index (κ2) is 9.29. The quantitative estimate of drug-likeness (QED) is 0.567. The molecule has 7 heteroatoms. The van der Waals surface area contributed by atoms with Gasteiger partial charge in [-0.25, -0.2) is 8.42 Å². The highest BCUT2D eigenvalue weighted by atomic mass is 32.2. The largest absolute Gasteiger partial charge is 0.469 e. The van der Waals surface area contributed by atoms with Crippen molar-refractivity contribution in [2.75, 3.05) is 38.9 Å². The Morgan fingerprint density at radius 2 is 2.00 bits per heavy atom. The van der Waals surface area contributed by atoms with Crippen LogP contribution >= 0.6 is 0 Å². The van der Waals surface area contributed by atoms with E-state index in [2.05, 4.69) is 10.1 Å². The molecule has 0 spiro atoms. The minimum absolute atomic E-state index is 0.0299. The average molecular weight is 281 g/mol. The van der Waals surface area contributed by atoms with Gasteiger partial charge in [-0.05, 0) is 13.0 Å². The van der Waals surface area contributed by atoms with Gasteiger partial charge in [-0.1, -0.05) is 6.92 Å². The van der Waals surface area contributed by atoms with Gasteiger partial charge in [0.25, 0.3) is 0 Å². The lowest BCUT2D eigenvalue weighted by molar-refractivity contribution is -0.140. The fraction of sp³-hybridized carbons (Fsp3) is 0.909. The highest BCUT2D eigenvalue weighted by Gasteiger charge is 2.20. The molecule has 1 atom stereocenters. The van der Waals surface area contributed by atoms with Crippen LogP contribution in [0, 0.1) is 0 Å². The molecule has 0 fully saturated rings. The van der Waals surface area contributed by atoms with Gasteiger partial charge in [0.05, 0.1) is 31.6 Å². The van der Waals surface area contributed by atoms with Gasteiger partial charge in [-0.15, -0.1) is 0 Å². The van der Waals surface area contributed by atoms with Gasteiger partial charge >= 0.3 is 5.97 Å². The molecule has 0 amide bonds. The molecule has 0 aromatic carbocycles. The third kappa shape index (κ3) is 8.43. The van der Waals surface area contributed by atoms with Crippen molar-refractivity contribution in [1.29, 1.82) is 0 Å². The molecule has 108 valence electrons. The lowest BCUT2D eigenvalue weighted by atomic mass is 10.3. The van der Waals surface area contributed by atoms with Crippen molar-refractivity contribution in [1.82, 2.24) is 5.32 Å². The maximum atomic E-state index is 11.8. The zero-order valence-corrected chi connectivity index (χ0v) is 12.1. The van der Waals surface area contributed by atoms with Crippen LogP contribution in [0.1, 0.15) is 19.8 Å². The second-order valence-electron chi connectivity index (χ2n) is 4.05. The number of hydrogen-bond acceptors (Lipinski definition) is 6. The highest BCUT2D eigenvalue weighted by Crippen LogP contribution is 2.00. The molecule has 1 N–H and O–H groups in total. The molecule has 0 heterocycles. The number of ether oxygens (including phenoxy) is 2. The number of nitrogens with one attached hydrogen (secondary N) is 1. The Balaban J connectivity index is 4.27. The van der Waals surface area contributed by atoms with E-state index in [1.54, 1.807) is 0 Å². The zero-order chi connectivity index (χ0) is 14.0. The third-order valence-corrected chi connectivity index (χ3v) is 4.09. The van der Waals surface area contributed by atoms with Crippen LogP contribution in [-0.4, -0.2) is 59.3 Å². The first-order valence-electron chi connectivity index (χ1n) is 5.94. The molecule has 1 unspecified atom stereocenters. The van der Waals surface area contributed by atoms with E-state index >= 15 is 0 Å². The summed E-state index contributed by atoms with van der Waals surface area (Å²) >= 11 is 0. The van der Waals surface area contributed by atoms with E-state index in [0.29, 0.717) is 6.61 Å². The van der Waals surface area contributed by atoms with Crippen LogP contribution in [-0.2, 0) is 24.1 Å². The third-order valence-electron chi connectivity index (χ3n) is 2.35. The van der Waals surface area contributed by atoms with Gasteiger partial charge in [0.2, 0.25) is 0 Å². The van der Waals surface area contributed by atoms with Crippen molar-refractivity contribution in [3.8, 4) is 0 Å². The van der Waals surface area contributed by atoms with Crippen molar-refractivity contribution in [3.63, 3.8) is 0 Å². The van der Waals surface area contributed by atoms with Gasteiger partial charge in [-0.3, -0.25) is 4.79 Å². The Bertz CT molecular complexity index is 328. The van der Waals surface area contributed by atoms with Gasteiger partial charge in [0.1, 0.15) is 0 Å². The lowest BCUT2D eigenvalue weighted by Gasteiger charge is -2.17. The topological polar surface area (TPSA) is 81.7 Å². The predicted octanol–water partition coefficient (Wildman–Crippen LogP) is -0.0211. The molecule has 0 aromatic heterocycles. The number of hydrogen-bond donors (Lipinski definition) is 1. The Kier molecular flexibility index (Phi) is 8.95. The zero-order valence-electron chi connectivity index (χ0n) is 11.3. The van der Waals surface area contributed by atoms with Crippen LogP contribution in [0.4, 0.5) is 0 Å². The predicted molar refractivity (Wildman–Crippen MR) is 69.2 cm³/mol. The van der Waals surface area contributed by atoms with Crippen LogP contribution in [0.3, 0.4) is 0 Å². The highest BCUT2D eigenvalue weighted by molar-refractivity contribution is 7.91. The van der Waals surface area contributed by atoms with E-state index in [1.165, 1.54) is 14.2 Å². The van der Waals surface area contributed by atoms with E-state index in [1.807, 2.05) is 6.92 Å². The van der Waals surface area contributed by atoms with E-state index in [4.69, 9.17) is 4.74 Å². The minimum Gasteiger partial charge on any atom is -0.469 e. The van der Waals surface area contributed by atoms with Crippen molar-refractivity contribution in [2.45, 2.75) is 25.8 Å². The summed E-state index contributed by atoms with van der Waals surface area (Å²) in [6.45, 7) is 3.07. The molecular formula is C11H23NO5S. The minimum atomic E-state index is -3.28. The van der Waals surface area contributed by atoms with Gasteiger partial charge in [0.15, 0.2) is 9.84 Å². The number of sulfone groups is 1. The summed E-state index contributed by atoms with van der Waals surface area (Å²) in [5.41, 5.74) is 0. The summed E-state index contributed by atoms with van der Waals surface area (Å²) < 4.78 is 33.0. The lowest BCUT2D eigenvalue weighted by Crippen LogP contribution is -2.40. The monoisotopic (exact) mass is 281 g/mol. The summed E-state index contributed by atoms with van der Waals surface area (Å²) in [4.78, 5) is 10.9. The smallest absolute Gasteiger partial charge is 0.306 e. The molecule has 0 radical (unpaired) electrons. The summed E-state index contributed by atoms with van der Waals surface area (Å²) in [6.07, 6.45) is 0.814. The van der Waals surface area contributed by atoms with Gasteiger partial charge < -0.3 is 14.8 Å². The maximum absolute atomic E-state index is 11.8. The molecule has 0 aliphatic carbocycles. The summed E-state index contributed by atoms with van der Waals surface area (Å²) in [5.74, 6) is -0.727. The molecular weight excluding hydrogens is 258 g/mol. The summed E-state index contributed by atoms with van der Waals surface area (Å²) in [6, 6.07) is -0.238. The van der Waals surface area contributed by atoms with Crippen molar-refractivity contribution in [3.05, 3.63) is 0 Å². The Labute approximate surface area is 109 Å². The Morgan fingerprint density at radius 3 is 2.50 bits per heavy atom. The van der Waals surface area contributed by atoms with Crippen molar-refractivity contribution in [2.24, 2.45) is 0 Å². The van der Waals surface area contributed by atoms with Crippen LogP contribution in [0.5, 0.6) is 0 Å². The second-order valence-corrected chi connectivity index (χ2v) is 6.28. The SMILES string of the molecule is CCCNC(COC)CS(=O)(=O)CCC(=O)OC. The maximum Gasteiger partial charge on any atom is 0.306 e. The van der Waals surface area contributed by atoms with Crippen molar-refractivity contribution < 1.29 is 22.7 Å². The van der Waals surface area contributed by atoms with E-state index in [-0.39, 0.29) is 24.0 Å². The van der Waals surface area contributed by atoms with Crippen LogP contribution in [0.25, 0.3) is 0 Å². The van der Waals surface area contributed by atoms with E-state index in [0.717, 1.165) is 13.0 Å². The number of carbonyl (C=O) groups excluding carboxylic acids is 1. The van der Waals surface area contributed by atoms with E-state index < -0.39 is 15.8 Å². The first-order valence-corrected chi connectivity index (χ1v) is 7.76. The normalized spacial score (nSPS) is 13.3. The molecule has 0 aliphatic heterocycles. The van der Waals surface area contributed by atoms with Gasteiger partial charge in [-0.2, -0.15) is 0 Å². The standard InChI is InChI=1S/C11H23NO5S/c1-4-6-12-10(8-16-2)9-18(14,15)7-5-11(13)17-3/h10,12H,4-9H2,1-3H3. The molecule has 18 heavy (non-hydrogen) atoms. The fourth-order valence-electron chi connectivity index (χ4n) is 1.45. The molecule has 0 saturated carbocycles. The van der Waals surface area contributed by atoms with Gasteiger partial charge in [0, 0.05) is 13.2 Å². The van der Waals surface area contributed by atoms with Crippen LogP contribution in [0.15, 0.2) is 0 Å². The first kappa shape index (κ1) is 17.3. The fourth-order valence-corrected chi connectivity index (χ4v) is 2.92. The molecule has 0 rings (SSSR count). The Morgan fingerprint density at radius 1 is 1.33 bits per heavy atom. The average Bonchev–Trinajstić information content (AvgIpc) is 2.33.